The third-order valence-electron chi connectivity index (χ3n) is 4.04. The van der Waals surface area contributed by atoms with Crippen LogP contribution < -0.4 is 5.32 Å². The Morgan fingerprint density at radius 2 is 2.10 bits per heavy atom. The van der Waals surface area contributed by atoms with Crippen molar-refractivity contribution in [3.63, 3.8) is 0 Å². The molecule has 4 nitrogen and oxygen atoms in total. The molecule has 0 unspecified atom stereocenters. The molecule has 4 heteroatoms. The normalized spacial score (nSPS) is 22.1. The average Bonchev–Trinajstić information content (AvgIpc) is 2.47. The van der Waals surface area contributed by atoms with E-state index >= 15 is 0 Å². The van der Waals surface area contributed by atoms with E-state index in [1.54, 1.807) is 18.2 Å². The molecule has 1 amide bonds. The second-order valence-corrected chi connectivity index (χ2v) is 5.52. The maximum absolute atomic E-state index is 12.2. The number of aliphatic hydroxyl groups excluding tert-OH is 1. The van der Waals surface area contributed by atoms with E-state index in [9.17, 15) is 4.79 Å². The first-order valence-electron chi connectivity index (χ1n) is 7.06. The van der Waals surface area contributed by atoms with E-state index in [0.717, 1.165) is 31.2 Å². The lowest BCUT2D eigenvalue weighted by molar-refractivity contribution is 0.0913. The summed E-state index contributed by atoms with van der Waals surface area (Å²) in [6.45, 7) is 2.09. The number of aryl methyl sites for hydroxylation is 1. The number of amides is 1. The Hall–Kier alpha value is -1.86. The predicted octanol–water partition coefficient (Wildman–Crippen LogP) is 2.15. The molecule has 1 aliphatic carbocycles. The fraction of sp³-hybridized carbons (Fsp3) is 0.500. The van der Waals surface area contributed by atoms with E-state index in [2.05, 4.69) is 11.4 Å². The summed E-state index contributed by atoms with van der Waals surface area (Å²) in [6, 6.07) is 7.38. The van der Waals surface area contributed by atoms with Gasteiger partial charge in [0.25, 0.3) is 5.91 Å². The van der Waals surface area contributed by atoms with Crippen LogP contribution in [0.5, 0.6) is 0 Å². The van der Waals surface area contributed by atoms with Gasteiger partial charge in [0.2, 0.25) is 0 Å². The molecule has 2 N–H and O–H groups in total. The van der Waals surface area contributed by atoms with Gasteiger partial charge in [-0.2, -0.15) is 5.26 Å². The Labute approximate surface area is 119 Å². The van der Waals surface area contributed by atoms with Gasteiger partial charge in [0, 0.05) is 18.2 Å². The Morgan fingerprint density at radius 3 is 2.65 bits per heavy atom. The summed E-state index contributed by atoms with van der Waals surface area (Å²) in [6.07, 6.45) is 3.78. The summed E-state index contributed by atoms with van der Waals surface area (Å²) in [7, 11) is 0. The Balaban J connectivity index is 1.97. The van der Waals surface area contributed by atoms with Gasteiger partial charge < -0.3 is 10.4 Å². The van der Waals surface area contributed by atoms with E-state index in [1.807, 2.05) is 6.92 Å². The molecule has 2 rings (SSSR count). The minimum absolute atomic E-state index is 0.0700. The molecule has 0 aromatic heterocycles. The smallest absolute Gasteiger partial charge is 0.251 e. The van der Waals surface area contributed by atoms with Gasteiger partial charge in [0.1, 0.15) is 0 Å². The van der Waals surface area contributed by atoms with Gasteiger partial charge in [0.15, 0.2) is 0 Å². The quantitative estimate of drug-likeness (QED) is 0.885. The van der Waals surface area contributed by atoms with E-state index < -0.39 is 0 Å². The van der Waals surface area contributed by atoms with E-state index in [4.69, 9.17) is 10.4 Å². The molecular formula is C16H20N2O2. The van der Waals surface area contributed by atoms with Crippen molar-refractivity contribution in [3.05, 3.63) is 34.9 Å². The van der Waals surface area contributed by atoms with Crippen molar-refractivity contribution in [2.45, 2.75) is 38.6 Å². The minimum atomic E-state index is -0.0700. The minimum Gasteiger partial charge on any atom is -0.396 e. The van der Waals surface area contributed by atoms with E-state index in [-0.39, 0.29) is 18.6 Å². The van der Waals surface area contributed by atoms with Gasteiger partial charge in [-0.1, -0.05) is 0 Å². The SMILES string of the molecule is Cc1cc(C#N)ccc1C(=O)NC1CCC(CO)CC1. The van der Waals surface area contributed by atoms with Crippen molar-refractivity contribution in [1.82, 2.24) is 5.32 Å². The van der Waals surface area contributed by atoms with Crippen LogP contribution in [0.25, 0.3) is 0 Å². The van der Waals surface area contributed by atoms with Crippen LogP contribution in [0, 0.1) is 24.2 Å². The molecule has 1 aromatic carbocycles. The van der Waals surface area contributed by atoms with Crippen LogP contribution in [0.4, 0.5) is 0 Å². The van der Waals surface area contributed by atoms with Crippen LogP contribution in [0.3, 0.4) is 0 Å². The van der Waals surface area contributed by atoms with Gasteiger partial charge in [0.05, 0.1) is 11.6 Å². The standard InChI is InChI=1S/C16H20N2O2/c1-11-8-13(9-17)4-7-15(11)16(20)18-14-5-2-12(10-19)3-6-14/h4,7-8,12,14,19H,2-3,5-6,10H2,1H3,(H,18,20). The Bertz CT molecular complexity index is 526. The second kappa shape index (κ2) is 6.53. The third-order valence-corrected chi connectivity index (χ3v) is 4.04. The van der Waals surface area contributed by atoms with Gasteiger partial charge in [-0.15, -0.1) is 0 Å². The monoisotopic (exact) mass is 272 g/mol. The zero-order valence-corrected chi connectivity index (χ0v) is 11.7. The molecule has 20 heavy (non-hydrogen) atoms. The number of nitriles is 1. The molecule has 0 saturated heterocycles. The largest absolute Gasteiger partial charge is 0.396 e. The fourth-order valence-electron chi connectivity index (χ4n) is 2.74. The fourth-order valence-corrected chi connectivity index (χ4v) is 2.74. The molecule has 0 aliphatic heterocycles. The van der Waals surface area contributed by atoms with Crippen molar-refractivity contribution in [3.8, 4) is 6.07 Å². The Kier molecular flexibility index (Phi) is 4.75. The van der Waals surface area contributed by atoms with E-state index in [1.165, 1.54) is 0 Å². The highest BCUT2D eigenvalue weighted by Gasteiger charge is 2.22. The summed E-state index contributed by atoms with van der Waals surface area (Å²) in [5, 5.41) is 21.0. The number of nitrogens with one attached hydrogen (secondary N) is 1. The first kappa shape index (κ1) is 14.5. The molecule has 0 radical (unpaired) electrons. The number of hydrogen-bond donors (Lipinski definition) is 2. The highest BCUT2D eigenvalue weighted by molar-refractivity contribution is 5.95. The summed E-state index contributed by atoms with van der Waals surface area (Å²) >= 11 is 0. The van der Waals surface area contributed by atoms with E-state index in [0.29, 0.717) is 17.0 Å². The number of carbonyl (C=O) groups excluding carboxylic acids is 1. The van der Waals surface area contributed by atoms with Crippen molar-refractivity contribution in [2.24, 2.45) is 5.92 Å². The van der Waals surface area contributed by atoms with Crippen molar-refractivity contribution < 1.29 is 9.90 Å². The zero-order chi connectivity index (χ0) is 14.5. The van der Waals surface area contributed by atoms with Crippen LogP contribution in [-0.4, -0.2) is 23.7 Å². The first-order chi connectivity index (χ1) is 9.63. The number of aliphatic hydroxyl groups is 1. The highest BCUT2D eigenvalue weighted by Crippen LogP contribution is 2.24. The van der Waals surface area contributed by atoms with Gasteiger partial charge in [-0.25, -0.2) is 0 Å². The predicted molar refractivity (Wildman–Crippen MR) is 76.2 cm³/mol. The molecule has 0 spiro atoms. The summed E-state index contributed by atoms with van der Waals surface area (Å²) in [4.78, 5) is 12.2. The van der Waals surface area contributed by atoms with Gasteiger partial charge in [-0.3, -0.25) is 4.79 Å². The van der Waals surface area contributed by atoms with Crippen LogP contribution in [-0.2, 0) is 0 Å². The topological polar surface area (TPSA) is 73.1 Å². The number of rotatable bonds is 3. The lowest BCUT2D eigenvalue weighted by atomic mass is 9.86. The number of benzene rings is 1. The molecule has 1 aromatic rings. The molecule has 106 valence electrons. The van der Waals surface area contributed by atoms with Crippen molar-refractivity contribution in [1.29, 1.82) is 5.26 Å². The van der Waals surface area contributed by atoms with Crippen molar-refractivity contribution >= 4 is 5.91 Å². The first-order valence-corrected chi connectivity index (χ1v) is 7.06. The molecule has 1 aliphatic rings. The average molecular weight is 272 g/mol. The number of hydrogen-bond acceptors (Lipinski definition) is 3. The van der Waals surface area contributed by atoms with Gasteiger partial charge >= 0.3 is 0 Å². The molecule has 0 atom stereocenters. The second-order valence-electron chi connectivity index (χ2n) is 5.52. The van der Waals surface area contributed by atoms with Crippen LogP contribution in [0.15, 0.2) is 18.2 Å². The van der Waals surface area contributed by atoms with Crippen LogP contribution in [0.1, 0.15) is 47.2 Å². The molecule has 0 heterocycles. The molecular weight excluding hydrogens is 252 g/mol. The van der Waals surface area contributed by atoms with Crippen molar-refractivity contribution in [2.75, 3.05) is 6.61 Å². The molecule has 1 saturated carbocycles. The number of nitrogens with zero attached hydrogens (tertiary/aromatic N) is 1. The summed E-state index contributed by atoms with van der Waals surface area (Å²) in [5.41, 5.74) is 2.03. The maximum atomic E-state index is 12.2. The molecule has 0 bridgehead atoms. The Morgan fingerprint density at radius 1 is 1.40 bits per heavy atom. The van der Waals surface area contributed by atoms with Crippen LogP contribution >= 0.6 is 0 Å². The maximum Gasteiger partial charge on any atom is 0.251 e. The highest BCUT2D eigenvalue weighted by atomic mass is 16.3. The van der Waals surface area contributed by atoms with Gasteiger partial charge in [-0.05, 0) is 62.3 Å². The molecule has 1 fully saturated rings. The van der Waals surface area contributed by atoms with Crippen LogP contribution in [0.2, 0.25) is 0 Å². The summed E-state index contributed by atoms with van der Waals surface area (Å²) in [5.74, 6) is 0.319. The lowest BCUT2D eigenvalue weighted by Crippen LogP contribution is -2.38. The third kappa shape index (κ3) is 3.37. The number of carbonyl (C=O) groups is 1. The lowest BCUT2D eigenvalue weighted by Gasteiger charge is -2.28. The zero-order valence-electron chi connectivity index (χ0n) is 11.7. The summed E-state index contributed by atoms with van der Waals surface area (Å²) < 4.78 is 0.